The Labute approximate surface area is 146 Å². The fourth-order valence-corrected chi connectivity index (χ4v) is 3.43. The van der Waals surface area contributed by atoms with E-state index in [1.165, 1.54) is 12.1 Å². The zero-order valence-electron chi connectivity index (χ0n) is 14.4. The van der Waals surface area contributed by atoms with Gasteiger partial charge in [0.15, 0.2) is 0 Å². The molecule has 2 unspecified atom stereocenters. The number of benzene rings is 2. The highest BCUT2D eigenvalue weighted by atomic mass is 19.4. The van der Waals surface area contributed by atoms with Crippen LogP contribution in [0.3, 0.4) is 0 Å². The lowest BCUT2D eigenvalue weighted by Crippen LogP contribution is -2.30. The van der Waals surface area contributed by atoms with Crippen molar-refractivity contribution in [1.82, 2.24) is 4.90 Å². The summed E-state index contributed by atoms with van der Waals surface area (Å²) in [6.45, 7) is 0. The zero-order chi connectivity index (χ0) is 18.0. The number of halogens is 3. The Morgan fingerprint density at radius 3 is 2.40 bits per heavy atom. The molecule has 2 aromatic rings. The van der Waals surface area contributed by atoms with Gasteiger partial charge in [0.2, 0.25) is 0 Å². The maximum Gasteiger partial charge on any atom is 0.419 e. The summed E-state index contributed by atoms with van der Waals surface area (Å²) in [6, 6.07) is 13.6. The number of alkyl halides is 3. The van der Waals surface area contributed by atoms with E-state index >= 15 is 0 Å². The second-order valence-electron chi connectivity index (χ2n) is 6.69. The van der Waals surface area contributed by atoms with Crippen LogP contribution in [0.2, 0.25) is 0 Å². The number of ether oxygens (including phenoxy) is 1. The van der Waals surface area contributed by atoms with Crippen LogP contribution in [-0.4, -0.2) is 25.0 Å². The number of hydrogen-bond donors (Lipinski definition) is 0. The van der Waals surface area contributed by atoms with Gasteiger partial charge < -0.3 is 9.64 Å². The predicted molar refractivity (Wildman–Crippen MR) is 91.7 cm³/mol. The molecule has 0 N–H and O–H groups in total. The molecular weight excluding hydrogens is 327 g/mol. The number of aryl methyl sites for hydroxylation is 1. The van der Waals surface area contributed by atoms with Crippen LogP contribution in [0.4, 0.5) is 13.2 Å². The Kier molecular flexibility index (Phi) is 5.04. The van der Waals surface area contributed by atoms with Crippen molar-refractivity contribution in [3.8, 4) is 5.75 Å². The van der Waals surface area contributed by atoms with Crippen molar-refractivity contribution >= 4 is 0 Å². The summed E-state index contributed by atoms with van der Waals surface area (Å²) in [4.78, 5) is 2.12. The van der Waals surface area contributed by atoms with Crippen molar-refractivity contribution < 1.29 is 17.9 Å². The highest BCUT2D eigenvalue weighted by Crippen LogP contribution is 2.40. The van der Waals surface area contributed by atoms with Crippen molar-refractivity contribution in [2.24, 2.45) is 0 Å². The van der Waals surface area contributed by atoms with Crippen LogP contribution in [0.25, 0.3) is 0 Å². The van der Waals surface area contributed by atoms with E-state index in [9.17, 15) is 13.2 Å². The standard InChI is InChI=1S/C20H22F3NO/c1-24(2)15-12-11-14-7-3-4-8-16(14)19(13-15)25-18-10-6-5-9-17(18)20(21,22)23/h3-10,15,19H,11-13H2,1-2H3. The zero-order valence-corrected chi connectivity index (χ0v) is 14.4. The molecule has 2 atom stereocenters. The van der Waals surface area contributed by atoms with Gasteiger partial charge in [0.25, 0.3) is 0 Å². The van der Waals surface area contributed by atoms with Crippen molar-refractivity contribution in [3.63, 3.8) is 0 Å². The Balaban J connectivity index is 1.97. The second kappa shape index (κ2) is 7.08. The molecule has 0 amide bonds. The van der Waals surface area contributed by atoms with Gasteiger partial charge in [-0.25, -0.2) is 0 Å². The first-order chi connectivity index (χ1) is 11.9. The minimum absolute atomic E-state index is 0.103. The Bertz CT molecular complexity index is 727. The summed E-state index contributed by atoms with van der Waals surface area (Å²) in [5.41, 5.74) is 1.42. The van der Waals surface area contributed by atoms with E-state index in [0.29, 0.717) is 6.42 Å². The van der Waals surface area contributed by atoms with Gasteiger partial charge in [-0.15, -0.1) is 0 Å². The Hall–Kier alpha value is -2.01. The molecule has 3 rings (SSSR count). The van der Waals surface area contributed by atoms with Gasteiger partial charge in [0, 0.05) is 12.5 Å². The lowest BCUT2D eigenvalue weighted by molar-refractivity contribution is -0.139. The van der Waals surface area contributed by atoms with Crippen LogP contribution < -0.4 is 4.74 Å². The van der Waals surface area contributed by atoms with Crippen molar-refractivity contribution in [3.05, 3.63) is 65.2 Å². The lowest BCUT2D eigenvalue weighted by Gasteiger charge is -2.27. The molecule has 0 heterocycles. The van der Waals surface area contributed by atoms with E-state index in [-0.39, 0.29) is 11.8 Å². The van der Waals surface area contributed by atoms with E-state index in [1.807, 2.05) is 38.4 Å². The van der Waals surface area contributed by atoms with E-state index < -0.39 is 17.8 Å². The van der Waals surface area contributed by atoms with Gasteiger partial charge in [-0.2, -0.15) is 13.2 Å². The quantitative estimate of drug-likeness (QED) is 0.716. The minimum Gasteiger partial charge on any atom is -0.485 e. The van der Waals surface area contributed by atoms with E-state index in [4.69, 9.17) is 4.74 Å². The molecule has 5 heteroatoms. The van der Waals surface area contributed by atoms with Gasteiger partial charge >= 0.3 is 6.18 Å². The summed E-state index contributed by atoms with van der Waals surface area (Å²) in [5.74, 6) is -0.103. The van der Waals surface area contributed by atoms with Crippen molar-refractivity contribution in [2.45, 2.75) is 37.6 Å². The smallest absolute Gasteiger partial charge is 0.419 e. The molecule has 0 bridgehead atoms. The van der Waals surface area contributed by atoms with Crippen LogP contribution in [0.5, 0.6) is 5.75 Å². The normalized spacial score (nSPS) is 20.9. The van der Waals surface area contributed by atoms with Crippen LogP contribution in [0.15, 0.2) is 48.5 Å². The number of para-hydroxylation sites is 1. The number of nitrogens with zero attached hydrogens (tertiary/aromatic N) is 1. The fraction of sp³-hybridized carbons (Fsp3) is 0.400. The first-order valence-electron chi connectivity index (χ1n) is 8.43. The molecule has 0 saturated carbocycles. The monoisotopic (exact) mass is 349 g/mol. The third-order valence-electron chi connectivity index (χ3n) is 4.83. The second-order valence-corrected chi connectivity index (χ2v) is 6.69. The number of fused-ring (bicyclic) bond motifs is 1. The number of rotatable bonds is 3. The highest BCUT2D eigenvalue weighted by molar-refractivity contribution is 5.38. The molecule has 0 radical (unpaired) electrons. The molecule has 0 spiro atoms. The van der Waals surface area contributed by atoms with Crippen molar-refractivity contribution in [1.29, 1.82) is 0 Å². The fourth-order valence-electron chi connectivity index (χ4n) is 3.43. The Morgan fingerprint density at radius 2 is 1.68 bits per heavy atom. The first-order valence-corrected chi connectivity index (χ1v) is 8.43. The third kappa shape index (κ3) is 3.98. The summed E-state index contributed by atoms with van der Waals surface area (Å²) in [5, 5.41) is 0. The molecular formula is C20H22F3NO. The van der Waals surface area contributed by atoms with Crippen LogP contribution in [0.1, 0.15) is 35.6 Å². The van der Waals surface area contributed by atoms with Gasteiger partial charge in [0.05, 0.1) is 5.56 Å². The topological polar surface area (TPSA) is 12.5 Å². The molecule has 1 aliphatic rings. The summed E-state index contributed by atoms with van der Waals surface area (Å²) in [7, 11) is 4.00. The van der Waals surface area contributed by atoms with E-state index in [0.717, 1.165) is 30.0 Å². The largest absolute Gasteiger partial charge is 0.485 e. The molecule has 2 nitrogen and oxygen atoms in total. The third-order valence-corrected chi connectivity index (χ3v) is 4.83. The molecule has 0 aromatic heterocycles. The lowest BCUT2D eigenvalue weighted by atomic mass is 10.0. The Morgan fingerprint density at radius 1 is 1.00 bits per heavy atom. The average molecular weight is 349 g/mol. The minimum atomic E-state index is -4.43. The van der Waals surface area contributed by atoms with Crippen LogP contribution in [-0.2, 0) is 12.6 Å². The van der Waals surface area contributed by atoms with Gasteiger partial charge in [-0.1, -0.05) is 36.4 Å². The number of hydrogen-bond acceptors (Lipinski definition) is 2. The van der Waals surface area contributed by atoms with Crippen molar-refractivity contribution in [2.75, 3.05) is 14.1 Å². The molecule has 0 fully saturated rings. The molecule has 1 aliphatic carbocycles. The SMILES string of the molecule is CN(C)C1CCc2ccccc2C(Oc2ccccc2C(F)(F)F)C1. The first kappa shape index (κ1) is 17.8. The maximum absolute atomic E-state index is 13.3. The molecule has 0 saturated heterocycles. The van der Waals surface area contributed by atoms with Crippen LogP contribution in [0, 0.1) is 0 Å². The predicted octanol–water partition coefficient (Wildman–Crippen LogP) is 5.09. The molecule has 2 aromatic carbocycles. The summed E-state index contributed by atoms with van der Waals surface area (Å²) in [6.07, 6.45) is -2.29. The van der Waals surface area contributed by atoms with E-state index in [1.54, 1.807) is 6.07 Å². The maximum atomic E-state index is 13.3. The van der Waals surface area contributed by atoms with Gasteiger partial charge in [-0.3, -0.25) is 0 Å². The molecule has 25 heavy (non-hydrogen) atoms. The van der Waals surface area contributed by atoms with E-state index in [2.05, 4.69) is 4.90 Å². The highest BCUT2D eigenvalue weighted by Gasteiger charge is 2.35. The molecule has 134 valence electrons. The molecule has 0 aliphatic heterocycles. The average Bonchev–Trinajstić information content (AvgIpc) is 2.75. The summed E-state index contributed by atoms with van der Waals surface area (Å²) >= 11 is 0. The van der Waals surface area contributed by atoms with Crippen LogP contribution >= 0.6 is 0 Å². The van der Waals surface area contributed by atoms with Gasteiger partial charge in [0.1, 0.15) is 11.9 Å². The summed E-state index contributed by atoms with van der Waals surface area (Å²) < 4.78 is 45.8. The van der Waals surface area contributed by atoms with Gasteiger partial charge in [-0.05, 0) is 50.2 Å².